The fourth-order valence-electron chi connectivity index (χ4n) is 1.29. The largest absolute Gasteiger partial charge is 0.492 e. The molecule has 1 N–H and O–H groups in total. The maximum Gasteiger partial charge on any atom is 0.123 e. The standard InChI is InChI=1S/C12H19NOS/c1-3-13-10-11-6-4-5-7-12(11)14-8-9-15-2/h4-7,13H,3,8-10H2,1-2H3. The Hall–Kier alpha value is -0.670. The van der Waals surface area contributed by atoms with Gasteiger partial charge in [-0.2, -0.15) is 11.8 Å². The number of thioether (sulfide) groups is 1. The van der Waals surface area contributed by atoms with Gasteiger partial charge in [0.05, 0.1) is 6.61 Å². The summed E-state index contributed by atoms with van der Waals surface area (Å²) in [6.07, 6.45) is 2.09. The van der Waals surface area contributed by atoms with E-state index < -0.39 is 0 Å². The van der Waals surface area contributed by atoms with Gasteiger partial charge in [0.15, 0.2) is 0 Å². The van der Waals surface area contributed by atoms with Crippen LogP contribution >= 0.6 is 11.8 Å². The van der Waals surface area contributed by atoms with Gasteiger partial charge in [0.1, 0.15) is 5.75 Å². The fraction of sp³-hybridized carbons (Fsp3) is 0.500. The SMILES string of the molecule is CCNCc1ccccc1OCCSC. The lowest BCUT2D eigenvalue weighted by molar-refractivity contribution is 0.339. The molecule has 1 aromatic carbocycles. The van der Waals surface area contributed by atoms with Gasteiger partial charge in [-0.15, -0.1) is 0 Å². The second-order valence-electron chi connectivity index (χ2n) is 3.23. The number of ether oxygens (including phenoxy) is 1. The van der Waals surface area contributed by atoms with Crippen molar-refractivity contribution in [1.82, 2.24) is 5.32 Å². The van der Waals surface area contributed by atoms with E-state index in [-0.39, 0.29) is 0 Å². The quantitative estimate of drug-likeness (QED) is 0.721. The zero-order chi connectivity index (χ0) is 10.9. The number of hydrogen-bond donors (Lipinski definition) is 1. The molecule has 0 aromatic heterocycles. The van der Waals surface area contributed by atoms with Crippen LogP contribution in [0.5, 0.6) is 5.75 Å². The first-order valence-electron chi connectivity index (χ1n) is 5.28. The molecule has 1 aromatic rings. The fourth-order valence-corrected chi connectivity index (χ4v) is 1.54. The van der Waals surface area contributed by atoms with Crippen LogP contribution in [-0.4, -0.2) is 25.2 Å². The Morgan fingerprint density at radius 1 is 1.33 bits per heavy atom. The zero-order valence-corrected chi connectivity index (χ0v) is 10.3. The Kier molecular flexibility index (Phi) is 6.28. The third kappa shape index (κ3) is 4.58. The first-order valence-corrected chi connectivity index (χ1v) is 6.68. The predicted octanol–water partition coefficient (Wildman–Crippen LogP) is 2.54. The number of benzene rings is 1. The Morgan fingerprint density at radius 2 is 2.13 bits per heavy atom. The Morgan fingerprint density at radius 3 is 2.87 bits per heavy atom. The normalized spacial score (nSPS) is 10.3. The molecular weight excluding hydrogens is 206 g/mol. The van der Waals surface area contributed by atoms with Gasteiger partial charge in [-0.3, -0.25) is 0 Å². The van der Waals surface area contributed by atoms with Crippen LogP contribution in [0.1, 0.15) is 12.5 Å². The van der Waals surface area contributed by atoms with Gasteiger partial charge < -0.3 is 10.1 Å². The van der Waals surface area contributed by atoms with Gasteiger partial charge in [-0.25, -0.2) is 0 Å². The summed E-state index contributed by atoms with van der Waals surface area (Å²) in [5.74, 6) is 2.04. The van der Waals surface area contributed by atoms with E-state index in [0.29, 0.717) is 0 Å². The van der Waals surface area contributed by atoms with E-state index in [0.717, 1.165) is 31.2 Å². The van der Waals surface area contributed by atoms with Crippen LogP contribution in [0.25, 0.3) is 0 Å². The van der Waals surface area contributed by atoms with Crippen molar-refractivity contribution < 1.29 is 4.74 Å². The highest BCUT2D eigenvalue weighted by Crippen LogP contribution is 2.17. The Bertz CT molecular complexity index is 278. The van der Waals surface area contributed by atoms with Crippen LogP contribution < -0.4 is 10.1 Å². The molecule has 0 amide bonds. The average Bonchev–Trinajstić information content (AvgIpc) is 2.28. The molecule has 0 atom stereocenters. The van der Waals surface area contributed by atoms with Crippen molar-refractivity contribution in [3.8, 4) is 5.75 Å². The molecule has 0 fully saturated rings. The smallest absolute Gasteiger partial charge is 0.123 e. The van der Waals surface area contributed by atoms with Crippen molar-refractivity contribution in [2.24, 2.45) is 0 Å². The minimum Gasteiger partial charge on any atom is -0.492 e. The summed E-state index contributed by atoms with van der Waals surface area (Å²) in [5, 5.41) is 3.31. The second-order valence-corrected chi connectivity index (χ2v) is 4.21. The molecule has 0 saturated heterocycles. The molecule has 0 heterocycles. The van der Waals surface area contributed by atoms with Gasteiger partial charge in [-0.1, -0.05) is 25.1 Å². The third-order valence-electron chi connectivity index (χ3n) is 2.08. The van der Waals surface area contributed by atoms with Crippen LogP contribution in [0.4, 0.5) is 0 Å². The highest BCUT2D eigenvalue weighted by molar-refractivity contribution is 7.98. The third-order valence-corrected chi connectivity index (χ3v) is 2.66. The first kappa shape index (κ1) is 12.4. The topological polar surface area (TPSA) is 21.3 Å². The van der Waals surface area contributed by atoms with E-state index in [1.807, 2.05) is 18.2 Å². The molecule has 0 unspecified atom stereocenters. The maximum atomic E-state index is 5.71. The van der Waals surface area contributed by atoms with E-state index in [2.05, 4.69) is 24.6 Å². The number of rotatable bonds is 7. The molecular formula is C12H19NOS. The number of hydrogen-bond acceptors (Lipinski definition) is 3. The molecule has 84 valence electrons. The van der Waals surface area contributed by atoms with Crippen LogP contribution in [0.2, 0.25) is 0 Å². The lowest BCUT2D eigenvalue weighted by Gasteiger charge is -2.10. The molecule has 2 nitrogen and oxygen atoms in total. The minimum atomic E-state index is 0.782. The van der Waals surface area contributed by atoms with Gasteiger partial charge >= 0.3 is 0 Å². The highest BCUT2D eigenvalue weighted by atomic mass is 32.2. The molecule has 0 aliphatic heterocycles. The van der Waals surface area contributed by atoms with Crippen LogP contribution in [-0.2, 0) is 6.54 Å². The summed E-state index contributed by atoms with van der Waals surface area (Å²) in [5.41, 5.74) is 1.24. The summed E-state index contributed by atoms with van der Waals surface area (Å²) < 4.78 is 5.71. The van der Waals surface area contributed by atoms with Crippen LogP contribution in [0.3, 0.4) is 0 Å². The van der Waals surface area contributed by atoms with Crippen molar-refractivity contribution in [3.63, 3.8) is 0 Å². The van der Waals surface area contributed by atoms with Crippen LogP contribution in [0.15, 0.2) is 24.3 Å². The molecule has 0 saturated carbocycles. The lowest BCUT2D eigenvalue weighted by atomic mass is 10.2. The van der Waals surface area contributed by atoms with Crippen molar-refractivity contribution in [3.05, 3.63) is 29.8 Å². The summed E-state index contributed by atoms with van der Waals surface area (Å²) in [6, 6.07) is 8.21. The van der Waals surface area contributed by atoms with E-state index in [9.17, 15) is 0 Å². The van der Waals surface area contributed by atoms with Gasteiger partial charge in [0.25, 0.3) is 0 Å². The summed E-state index contributed by atoms with van der Waals surface area (Å²) >= 11 is 1.80. The molecule has 15 heavy (non-hydrogen) atoms. The van der Waals surface area contributed by atoms with E-state index in [1.54, 1.807) is 11.8 Å². The van der Waals surface area contributed by atoms with Crippen molar-refractivity contribution >= 4 is 11.8 Å². The van der Waals surface area contributed by atoms with E-state index >= 15 is 0 Å². The molecule has 3 heteroatoms. The molecule has 0 spiro atoms. The lowest BCUT2D eigenvalue weighted by Crippen LogP contribution is -2.13. The average molecular weight is 225 g/mol. The summed E-state index contributed by atoms with van der Waals surface area (Å²) in [6.45, 7) is 4.76. The maximum absolute atomic E-state index is 5.71. The molecule has 1 rings (SSSR count). The number of nitrogens with one attached hydrogen (secondary N) is 1. The van der Waals surface area contributed by atoms with Crippen molar-refractivity contribution in [2.75, 3.05) is 25.2 Å². The van der Waals surface area contributed by atoms with Crippen LogP contribution in [0, 0.1) is 0 Å². The van der Waals surface area contributed by atoms with E-state index in [4.69, 9.17) is 4.74 Å². The number of para-hydroxylation sites is 1. The monoisotopic (exact) mass is 225 g/mol. The Balaban J connectivity index is 2.52. The second kappa shape index (κ2) is 7.60. The van der Waals surface area contributed by atoms with Crippen molar-refractivity contribution in [1.29, 1.82) is 0 Å². The minimum absolute atomic E-state index is 0.782. The zero-order valence-electron chi connectivity index (χ0n) is 9.45. The molecule has 0 aliphatic carbocycles. The highest BCUT2D eigenvalue weighted by Gasteiger charge is 2.01. The molecule has 0 radical (unpaired) electrons. The van der Waals surface area contributed by atoms with Crippen molar-refractivity contribution in [2.45, 2.75) is 13.5 Å². The summed E-state index contributed by atoms with van der Waals surface area (Å²) in [7, 11) is 0. The van der Waals surface area contributed by atoms with Gasteiger partial charge in [0, 0.05) is 17.9 Å². The molecule has 0 aliphatic rings. The summed E-state index contributed by atoms with van der Waals surface area (Å²) in [4.78, 5) is 0. The predicted molar refractivity (Wildman–Crippen MR) is 67.7 cm³/mol. The Labute approximate surface area is 96.4 Å². The van der Waals surface area contributed by atoms with Gasteiger partial charge in [0.2, 0.25) is 0 Å². The van der Waals surface area contributed by atoms with Gasteiger partial charge in [-0.05, 0) is 18.9 Å². The first-order chi connectivity index (χ1) is 7.38. The molecule has 0 bridgehead atoms. The van der Waals surface area contributed by atoms with E-state index in [1.165, 1.54) is 5.56 Å².